The molecule has 1 N–H and O–H groups in total. The van der Waals surface area contributed by atoms with Crippen molar-refractivity contribution >= 4 is 0 Å². The zero-order valence-corrected chi connectivity index (χ0v) is 10.1. The zero-order chi connectivity index (χ0) is 10.8. The summed E-state index contributed by atoms with van der Waals surface area (Å²) in [7, 11) is 0. The van der Waals surface area contributed by atoms with E-state index < -0.39 is 0 Å². The van der Waals surface area contributed by atoms with E-state index in [1.165, 1.54) is 6.42 Å². The van der Waals surface area contributed by atoms with Crippen LogP contribution in [0, 0.1) is 0 Å². The van der Waals surface area contributed by atoms with Gasteiger partial charge in [0.05, 0.1) is 0 Å². The molecule has 1 heterocycles. The largest absolute Gasteiger partial charge is 0.308 e. The number of nitrogens with one attached hydrogen (secondary N) is 1. The average Bonchev–Trinajstić information content (AvgIpc) is 2.13. The Morgan fingerprint density at radius 1 is 1.43 bits per heavy atom. The molecule has 0 radical (unpaired) electrons. The molecule has 1 aliphatic rings. The molecule has 0 aromatic carbocycles. The summed E-state index contributed by atoms with van der Waals surface area (Å²) in [5.41, 5.74) is 0.529. The summed E-state index contributed by atoms with van der Waals surface area (Å²) in [4.78, 5) is 2.51. The van der Waals surface area contributed by atoms with Crippen LogP contribution in [0.4, 0.5) is 0 Å². The Kier molecular flexibility index (Phi) is 3.38. The van der Waals surface area contributed by atoms with Gasteiger partial charge in [-0.2, -0.15) is 0 Å². The van der Waals surface area contributed by atoms with E-state index in [1.54, 1.807) is 0 Å². The molecular weight excluding hydrogens is 172 g/mol. The molecule has 1 aliphatic heterocycles. The van der Waals surface area contributed by atoms with Gasteiger partial charge in [-0.25, -0.2) is 0 Å². The van der Waals surface area contributed by atoms with Gasteiger partial charge in [0.1, 0.15) is 0 Å². The molecule has 1 fully saturated rings. The van der Waals surface area contributed by atoms with Crippen LogP contribution in [0.15, 0.2) is 12.7 Å². The second-order valence-electron chi connectivity index (χ2n) is 5.25. The number of nitrogens with zero attached hydrogens (tertiary/aromatic N) is 1. The maximum atomic E-state index is 3.83. The van der Waals surface area contributed by atoms with Gasteiger partial charge in [-0.05, 0) is 27.2 Å². The predicted octanol–water partition coefficient (Wildman–Crippen LogP) is 2.02. The Bertz CT molecular complexity index is 210. The molecule has 0 amide bonds. The van der Waals surface area contributed by atoms with Crippen LogP contribution in [0.5, 0.6) is 0 Å². The fraction of sp³-hybridized carbons (Fsp3) is 0.833. The van der Waals surface area contributed by atoms with E-state index in [1.807, 2.05) is 6.08 Å². The minimum atomic E-state index is 0.253. The molecular formula is C12H24N2. The van der Waals surface area contributed by atoms with E-state index >= 15 is 0 Å². The van der Waals surface area contributed by atoms with E-state index in [9.17, 15) is 0 Å². The Hall–Kier alpha value is -0.340. The third kappa shape index (κ3) is 2.37. The first-order valence-electron chi connectivity index (χ1n) is 5.54. The van der Waals surface area contributed by atoms with Crippen molar-refractivity contribution in [1.29, 1.82) is 0 Å². The quantitative estimate of drug-likeness (QED) is 0.695. The summed E-state index contributed by atoms with van der Waals surface area (Å²) in [6, 6.07) is 0. The Morgan fingerprint density at radius 3 is 2.57 bits per heavy atom. The Labute approximate surface area is 88.4 Å². The van der Waals surface area contributed by atoms with Crippen molar-refractivity contribution in [3.8, 4) is 0 Å². The summed E-state index contributed by atoms with van der Waals surface area (Å²) < 4.78 is 0. The molecule has 0 aliphatic carbocycles. The average molecular weight is 196 g/mol. The van der Waals surface area contributed by atoms with Gasteiger partial charge in [-0.1, -0.05) is 13.0 Å². The topological polar surface area (TPSA) is 15.3 Å². The highest BCUT2D eigenvalue weighted by atomic mass is 15.3. The van der Waals surface area contributed by atoms with E-state index in [-0.39, 0.29) is 11.1 Å². The SMILES string of the molecule is C=CCN1CC(C)(CC)NCC1(C)C. The third-order valence-electron chi connectivity index (χ3n) is 3.47. The van der Waals surface area contributed by atoms with E-state index in [4.69, 9.17) is 0 Å². The van der Waals surface area contributed by atoms with Crippen LogP contribution in [0.3, 0.4) is 0 Å². The highest BCUT2D eigenvalue weighted by molar-refractivity contribution is 5.00. The van der Waals surface area contributed by atoms with Gasteiger partial charge in [-0.3, -0.25) is 4.90 Å². The van der Waals surface area contributed by atoms with Crippen LogP contribution < -0.4 is 5.32 Å². The maximum absolute atomic E-state index is 3.83. The number of hydrogen-bond donors (Lipinski definition) is 1. The van der Waals surface area contributed by atoms with Crippen molar-refractivity contribution in [1.82, 2.24) is 10.2 Å². The minimum absolute atomic E-state index is 0.253. The molecule has 2 heteroatoms. The van der Waals surface area contributed by atoms with Gasteiger partial charge in [-0.15, -0.1) is 6.58 Å². The van der Waals surface area contributed by atoms with Gasteiger partial charge in [0.15, 0.2) is 0 Å². The molecule has 0 aromatic heterocycles. The molecule has 0 saturated carbocycles. The predicted molar refractivity (Wildman–Crippen MR) is 62.5 cm³/mol. The second-order valence-corrected chi connectivity index (χ2v) is 5.25. The monoisotopic (exact) mass is 196 g/mol. The summed E-state index contributed by atoms with van der Waals surface area (Å²) >= 11 is 0. The van der Waals surface area contributed by atoms with Crippen molar-refractivity contribution in [2.45, 2.75) is 45.2 Å². The first-order valence-corrected chi connectivity index (χ1v) is 5.54. The standard InChI is InChI=1S/C12H24N2/c1-6-8-14-10-12(5,7-2)13-9-11(14,3)4/h6,13H,1,7-10H2,2-5H3. The number of hydrogen-bond acceptors (Lipinski definition) is 2. The van der Waals surface area contributed by atoms with Gasteiger partial charge in [0, 0.05) is 30.7 Å². The fourth-order valence-electron chi connectivity index (χ4n) is 1.94. The molecule has 1 atom stereocenters. The first-order chi connectivity index (χ1) is 6.43. The van der Waals surface area contributed by atoms with Gasteiger partial charge in [0.25, 0.3) is 0 Å². The summed E-state index contributed by atoms with van der Waals surface area (Å²) in [6.45, 7) is 16.1. The third-order valence-corrected chi connectivity index (χ3v) is 3.47. The van der Waals surface area contributed by atoms with Crippen molar-refractivity contribution in [2.24, 2.45) is 0 Å². The van der Waals surface area contributed by atoms with Crippen molar-refractivity contribution in [3.63, 3.8) is 0 Å². The van der Waals surface area contributed by atoms with Crippen LogP contribution in [0.25, 0.3) is 0 Å². The van der Waals surface area contributed by atoms with Crippen LogP contribution >= 0.6 is 0 Å². The highest BCUT2D eigenvalue weighted by Gasteiger charge is 2.38. The molecule has 0 bridgehead atoms. The van der Waals surface area contributed by atoms with Crippen molar-refractivity contribution in [2.75, 3.05) is 19.6 Å². The lowest BCUT2D eigenvalue weighted by Gasteiger charge is -2.50. The number of piperazine rings is 1. The molecule has 1 rings (SSSR count). The first kappa shape index (κ1) is 11.7. The lowest BCUT2D eigenvalue weighted by atomic mass is 9.88. The summed E-state index contributed by atoms with van der Waals surface area (Å²) in [5, 5.41) is 3.65. The van der Waals surface area contributed by atoms with E-state index in [2.05, 4.69) is 44.5 Å². The van der Waals surface area contributed by atoms with Crippen LogP contribution in [-0.4, -0.2) is 35.6 Å². The highest BCUT2D eigenvalue weighted by Crippen LogP contribution is 2.25. The molecule has 0 spiro atoms. The molecule has 0 aromatic rings. The van der Waals surface area contributed by atoms with Crippen LogP contribution in [0.1, 0.15) is 34.1 Å². The van der Waals surface area contributed by atoms with Crippen molar-refractivity contribution < 1.29 is 0 Å². The van der Waals surface area contributed by atoms with E-state index in [0.717, 1.165) is 19.6 Å². The molecule has 82 valence electrons. The lowest BCUT2D eigenvalue weighted by molar-refractivity contribution is 0.0416. The summed E-state index contributed by atoms with van der Waals surface area (Å²) in [6.07, 6.45) is 3.18. The Morgan fingerprint density at radius 2 is 2.07 bits per heavy atom. The van der Waals surface area contributed by atoms with Gasteiger partial charge < -0.3 is 5.32 Å². The molecule has 2 nitrogen and oxygen atoms in total. The minimum Gasteiger partial charge on any atom is -0.308 e. The van der Waals surface area contributed by atoms with Crippen LogP contribution in [0.2, 0.25) is 0 Å². The van der Waals surface area contributed by atoms with E-state index in [0.29, 0.717) is 0 Å². The smallest absolute Gasteiger partial charge is 0.0281 e. The maximum Gasteiger partial charge on any atom is 0.0281 e. The van der Waals surface area contributed by atoms with Gasteiger partial charge >= 0.3 is 0 Å². The van der Waals surface area contributed by atoms with Crippen molar-refractivity contribution in [3.05, 3.63) is 12.7 Å². The molecule has 1 unspecified atom stereocenters. The van der Waals surface area contributed by atoms with Gasteiger partial charge in [0.2, 0.25) is 0 Å². The molecule has 1 saturated heterocycles. The molecule has 14 heavy (non-hydrogen) atoms. The normalized spacial score (nSPS) is 32.9. The fourth-order valence-corrected chi connectivity index (χ4v) is 1.94. The second kappa shape index (κ2) is 4.03. The Balaban J connectivity index is 2.71. The summed E-state index contributed by atoms with van der Waals surface area (Å²) in [5.74, 6) is 0. The van der Waals surface area contributed by atoms with Crippen LogP contribution in [-0.2, 0) is 0 Å². The lowest BCUT2D eigenvalue weighted by Crippen LogP contribution is -2.66. The number of rotatable bonds is 3. The zero-order valence-electron chi connectivity index (χ0n) is 10.1.